The highest BCUT2D eigenvalue weighted by Gasteiger charge is 2.46. The monoisotopic (exact) mass is 594 g/mol. The molecule has 2 amide bonds. The van der Waals surface area contributed by atoms with E-state index in [2.05, 4.69) is 15.6 Å². The molecule has 230 valence electrons. The first-order valence-corrected chi connectivity index (χ1v) is 12.5. The number of anilines is 1. The van der Waals surface area contributed by atoms with E-state index in [4.69, 9.17) is 31.4 Å². The Hall–Kier alpha value is -5.03. The average Bonchev–Trinajstić information content (AvgIpc) is 2.91. The molecular weight excluding hydrogens is 560 g/mol. The number of alkyl carbamates (subject to hydrolysis) is 1. The molecule has 1 aromatic carbocycles. The van der Waals surface area contributed by atoms with Crippen LogP contribution < -0.4 is 27.8 Å². The van der Waals surface area contributed by atoms with Gasteiger partial charge in [0.25, 0.3) is 0 Å². The summed E-state index contributed by atoms with van der Waals surface area (Å²) in [5, 5.41) is 44.1. The second kappa shape index (κ2) is 15.7. The predicted octanol–water partition coefficient (Wildman–Crippen LogP) is -2.12. The molecule has 2 rings (SSSR count). The van der Waals surface area contributed by atoms with Gasteiger partial charge in [0, 0.05) is 30.8 Å². The molecule has 0 unspecified atom stereocenters. The third kappa shape index (κ3) is 10.2. The van der Waals surface area contributed by atoms with Gasteiger partial charge in [-0.15, -0.1) is 0 Å². The van der Waals surface area contributed by atoms with Crippen LogP contribution in [0.5, 0.6) is 5.75 Å². The van der Waals surface area contributed by atoms with E-state index >= 15 is 0 Å². The van der Waals surface area contributed by atoms with Crippen LogP contribution in [0.15, 0.2) is 41.1 Å². The summed E-state index contributed by atoms with van der Waals surface area (Å²) >= 11 is 0. The molecule has 1 aromatic rings. The molecule has 1 aliphatic rings. The van der Waals surface area contributed by atoms with Crippen LogP contribution in [-0.4, -0.2) is 100 Å². The summed E-state index contributed by atoms with van der Waals surface area (Å²) in [5.41, 5.74) is 17.2. The van der Waals surface area contributed by atoms with E-state index in [1.807, 2.05) is 0 Å². The molecule has 0 fully saturated rings. The largest absolute Gasteiger partial charge is 0.507 e. The van der Waals surface area contributed by atoms with Crippen molar-refractivity contribution in [2.75, 3.05) is 25.5 Å². The number of nitrogens with zero attached hydrogens (tertiary/aromatic N) is 1. The van der Waals surface area contributed by atoms with Gasteiger partial charge in [0.2, 0.25) is 11.7 Å². The molecule has 1 heterocycles. The van der Waals surface area contributed by atoms with Gasteiger partial charge in [-0.25, -0.2) is 19.4 Å². The third-order valence-corrected chi connectivity index (χ3v) is 5.60. The minimum absolute atomic E-state index is 0.0642. The fraction of sp³-hybridized carbons (Fsp3) is 0.400. The van der Waals surface area contributed by atoms with Crippen LogP contribution in [0.3, 0.4) is 0 Å². The van der Waals surface area contributed by atoms with Gasteiger partial charge in [0.15, 0.2) is 18.2 Å². The molecule has 5 atom stereocenters. The Bertz CT molecular complexity index is 1230. The van der Waals surface area contributed by atoms with Gasteiger partial charge < -0.3 is 62.5 Å². The molecule has 0 aliphatic carbocycles. The Labute approximate surface area is 239 Å². The number of carboxylic acid groups (broad SMARTS) is 1. The quantitative estimate of drug-likeness (QED) is 0.0224. The Kier molecular flexibility index (Phi) is 12.4. The normalized spacial score (nSPS) is 19.4. The van der Waals surface area contributed by atoms with Crippen molar-refractivity contribution in [2.45, 2.75) is 43.7 Å². The Balaban J connectivity index is 2.02. The van der Waals surface area contributed by atoms with E-state index in [-0.39, 0.29) is 25.3 Å². The van der Waals surface area contributed by atoms with Crippen molar-refractivity contribution in [1.82, 2.24) is 10.6 Å². The van der Waals surface area contributed by atoms with Gasteiger partial charge in [-0.2, -0.15) is 0 Å². The molecule has 42 heavy (non-hydrogen) atoms. The minimum atomic E-state index is -1.78. The Morgan fingerprint density at radius 2 is 1.95 bits per heavy atom. The standard InChI is InChI=1S/C25H34N6O11/c1-12(33)30-20-15(31-24(27)28)10-18(23(37)38)41-22(20)21(17(35)11-32)42-25(39)29-7-2-8-40-19(36)6-3-13-9-14(26)4-5-16(13)34/h3-6,9-10,15,17,20-22,32,34-35H,2,7-8,11,26H2,1H3,(H,29,39)(H,30,33)(H,37,38)(H4,27,28,31)/b6-3+/t15-,17+,20+,21+,22+/m0/s1. The molecule has 1 aliphatic heterocycles. The molecule has 17 nitrogen and oxygen atoms in total. The summed E-state index contributed by atoms with van der Waals surface area (Å²) in [7, 11) is 0. The smallest absolute Gasteiger partial charge is 0.407 e. The maximum atomic E-state index is 12.5. The first kappa shape index (κ1) is 33.2. The van der Waals surface area contributed by atoms with Crippen molar-refractivity contribution in [2.24, 2.45) is 16.5 Å². The molecule has 0 saturated carbocycles. The number of aliphatic hydroxyl groups is 2. The Morgan fingerprint density at radius 1 is 1.24 bits per heavy atom. The average molecular weight is 595 g/mol. The van der Waals surface area contributed by atoms with Gasteiger partial charge in [-0.3, -0.25) is 4.79 Å². The molecular formula is C25H34N6O11. The van der Waals surface area contributed by atoms with Crippen molar-refractivity contribution in [1.29, 1.82) is 0 Å². The maximum Gasteiger partial charge on any atom is 0.407 e. The Morgan fingerprint density at radius 3 is 2.57 bits per heavy atom. The number of carboxylic acids is 1. The highest BCUT2D eigenvalue weighted by Crippen LogP contribution is 2.26. The number of hydrogen-bond acceptors (Lipinski definition) is 12. The fourth-order valence-electron chi connectivity index (χ4n) is 3.78. The lowest BCUT2D eigenvalue weighted by Crippen LogP contribution is -2.61. The first-order valence-electron chi connectivity index (χ1n) is 12.5. The second-order valence-corrected chi connectivity index (χ2v) is 8.91. The van der Waals surface area contributed by atoms with E-state index in [0.717, 1.165) is 19.1 Å². The summed E-state index contributed by atoms with van der Waals surface area (Å²) in [6, 6.07) is 1.91. The summed E-state index contributed by atoms with van der Waals surface area (Å²) in [6.07, 6.45) is -2.59. The number of aliphatic hydroxyl groups excluding tert-OH is 2. The van der Waals surface area contributed by atoms with Crippen LogP contribution in [0.4, 0.5) is 10.5 Å². The molecule has 0 bridgehead atoms. The number of carbonyl (C=O) groups excluding carboxylic acids is 3. The molecule has 17 heteroatoms. The van der Waals surface area contributed by atoms with Gasteiger partial charge in [-0.1, -0.05) is 0 Å². The predicted molar refractivity (Wildman–Crippen MR) is 146 cm³/mol. The van der Waals surface area contributed by atoms with E-state index in [0.29, 0.717) is 11.3 Å². The van der Waals surface area contributed by atoms with E-state index in [1.54, 1.807) is 0 Å². The number of hydrogen-bond donors (Lipinski definition) is 9. The van der Waals surface area contributed by atoms with Crippen molar-refractivity contribution >= 4 is 41.7 Å². The summed E-state index contributed by atoms with van der Waals surface area (Å²) < 4.78 is 15.7. The number of benzene rings is 1. The highest BCUT2D eigenvalue weighted by atomic mass is 16.6. The number of nitrogens with one attached hydrogen (secondary N) is 2. The van der Waals surface area contributed by atoms with Crippen molar-refractivity contribution in [3.05, 3.63) is 41.7 Å². The van der Waals surface area contributed by atoms with Gasteiger partial charge in [0.1, 0.15) is 11.9 Å². The number of ether oxygens (including phenoxy) is 3. The molecule has 0 spiro atoms. The van der Waals surface area contributed by atoms with Crippen LogP contribution in [0.25, 0.3) is 6.08 Å². The second-order valence-electron chi connectivity index (χ2n) is 8.91. The number of esters is 1. The van der Waals surface area contributed by atoms with Crippen molar-refractivity contribution < 1.29 is 53.8 Å². The topological polar surface area (TPSA) is 291 Å². The van der Waals surface area contributed by atoms with Crippen LogP contribution in [-0.2, 0) is 28.6 Å². The number of amides is 2. The fourth-order valence-corrected chi connectivity index (χ4v) is 3.78. The number of phenols is 1. The third-order valence-electron chi connectivity index (χ3n) is 5.60. The zero-order valence-electron chi connectivity index (χ0n) is 22.5. The zero-order valence-corrected chi connectivity index (χ0v) is 22.5. The van der Waals surface area contributed by atoms with Crippen LogP contribution in [0, 0.1) is 0 Å². The number of aromatic hydroxyl groups is 1. The number of aliphatic imine (C=N–C) groups is 1. The number of guanidine groups is 1. The molecule has 12 N–H and O–H groups in total. The van der Waals surface area contributed by atoms with Crippen LogP contribution in [0.2, 0.25) is 0 Å². The minimum Gasteiger partial charge on any atom is -0.507 e. The molecule has 0 radical (unpaired) electrons. The number of carbonyl (C=O) groups is 4. The maximum absolute atomic E-state index is 12.5. The highest BCUT2D eigenvalue weighted by molar-refractivity contribution is 5.88. The lowest BCUT2D eigenvalue weighted by Gasteiger charge is -2.39. The number of nitrogen functional groups attached to an aromatic ring is 1. The molecule has 0 aromatic heterocycles. The van der Waals surface area contributed by atoms with E-state index in [1.165, 1.54) is 24.3 Å². The van der Waals surface area contributed by atoms with Crippen LogP contribution in [0.1, 0.15) is 18.9 Å². The van der Waals surface area contributed by atoms with Crippen LogP contribution >= 0.6 is 0 Å². The van der Waals surface area contributed by atoms with Gasteiger partial charge >= 0.3 is 18.0 Å². The summed E-state index contributed by atoms with van der Waals surface area (Å²) in [5.74, 6) is -4.04. The SMILES string of the molecule is CC(=O)N[C@H]1[C@H]([C@H](OC(=O)NCCCOC(=O)/C=C/c2cc(N)ccc2O)[C@H](O)CO)OC(C(=O)O)=C[C@@H]1N=C(N)N. The number of aliphatic carboxylic acids is 1. The zero-order chi connectivity index (χ0) is 31.4. The number of rotatable bonds is 13. The van der Waals surface area contributed by atoms with E-state index < -0.39 is 72.7 Å². The first-order chi connectivity index (χ1) is 19.8. The molecule has 0 saturated heterocycles. The van der Waals surface area contributed by atoms with Crippen molar-refractivity contribution in [3.8, 4) is 5.75 Å². The summed E-state index contributed by atoms with van der Waals surface area (Å²) in [4.78, 5) is 51.9. The van der Waals surface area contributed by atoms with Crippen molar-refractivity contribution in [3.63, 3.8) is 0 Å². The number of phenolic OH excluding ortho intramolecular Hbond substituents is 1. The van der Waals surface area contributed by atoms with Gasteiger partial charge in [-0.05, 0) is 36.8 Å². The lowest BCUT2D eigenvalue weighted by molar-refractivity contribution is -0.146. The summed E-state index contributed by atoms with van der Waals surface area (Å²) in [6.45, 7) is 0.0410. The number of nitrogens with two attached hydrogens (primary N) is 3. The lowest BCUT2D eigenvalue weighted by atomic mass is 9.92. The van der Waals surface area contributed by atoms with E-state index in [9.17, 15) is 39.6 Å². The van der Waals surface area contributed by atoms with Gasteiger partial charge in [0.05, 0.1) is 25.3 Å².